The molecule has 0 amide bonds. The molecule has 0 radical (unpaired) electrons. The molecule has 0 heterocycles. The first-order valence-electron chi connectivity index (χ1n) is 14.3. The van der Waals surface area contributed by atoms with Gasteiger partial charge < -0.3 is 26.1 Å². The Labute approximate surface area is 249 Å². The van der Waals surface area contributed by atoms with Crippen LogP contribution >= 0.6 is 0 Å². The van der Waals surface area contributed by atoms with E-state index in [-0.39, 0.29) is 62.7 Å². The lowest BCUT2D eigenvalue weighted by Crippen LogP contribution is -2.32. The molecule has 0 saturated carbocycles. The molecule has 3 atom stereocenters. The van der Waals surface area contributed by atoms with Crippen molar-refractivity contribution in [1.82, 2.24) is 5.32 Å². The van der Waals surface area contributed by atoms with Crippen LogP contribution in [-0.4, -0.2) is 51.4 Å². The molecular formula is C34H45NO7. The van der Waals surface area contributed by atoms with Gasteiger partial charge in [-0.25, -0.2) is 0 Å². The minimum absolute atomic E-state index is 0. The highest BCUT2D eigenvalue weighted by atomic mass is 16.3. The summed E-state index contributed by atoms with van der Waals surface area (Å²) in [6.45, 7) is 2.25. The number of phenolic OH excluding ortho intramolecular Hbond substituents is 1. The second-order valence-corrected chi connectivity index (χ2v) is 11.1. The van der Waals surface area contributed by atoms with Gasteiger partial charge in [0.2, 0.25) is 0 Å². The number of carbonyl (C=O) groups is 3. The highest BCUT2D eigenvalue weighted by Gasteiger charge is 2.35. The van der Waals surface area contributed by atoms with Crippen molar-refractivity contribution in [3.8, 4) is 16.9 Å². The first kappa shape index (κ1) is 32.8. The Hall–Kier alpha value is -3.69. The van der Waals surface area contributed by atoms with E-state index in [9.17, 15) is 29.7 Å². The summed E-state index contributed by atoms with van der Waals surface area (Å²) in [5.41, 5.74) is 5.29. The number of benzene rings is 3. The van der Waals surface area contributed by atoms with Crippen molar-refractivity contribution in [2.75, 3.05) is 13.2 Å². The highest BCUT2D eigenvalue weighted by Crippen LogP contribution is 2.41. The minimum Gasteiger partial charge on any atom is -0.507 e. The second kappa shape index (κ2) is 15.5. The van der Waals surface area contributed by atoms with E-state index in [0.717, 1.165) is 28.8 Å². The molecule has 4 rings (SSSR count). The van der Waals surface area contributed by atoms with E-state index in [4.69, 9.17) is 0 Å². The third-order valence-corrected chi connectivity index (χ3v) is 8.04. The Kier molecular flexibility index (Phi) is 12.1. The lowest BCUT2D eigenvalue weighted by Gasteiger charge is -2.31. The molecule has 3 unspecified atom stereocenters. The first-order chi connectivity index (χ1) is 19.8. The Morgan fingerprint density at radius 2 is 1.62 bits per heavy atom. The Bertz CT molecular complexity index is 1370. The predicted molar refractivity (Wildman–Crippen MR) is 165 cm³/mol. The summed E-state index contributed by atoms with van der Waals surface area (Å²) in [5.74, 6) is -2.06. The lowest BCUT2D eigenvalue weighted by atomic mass is 9.72. The summed E-state index contributed by atoms with van der Waals surface area (Å²) in [6, 6.07) is 21.8. The van der Waals surface area contributed by atoms with E-state index in [2.05, 4.69) is 29.6 Å². The van der Waals surface area contributed by atoms with Crippen LogP contribution < -0.4 is 5.32 Å². The van der Waals surface area contributed by atoms with Crippen molar-refractivity contribution in [1.29, 1.82) is 0 Å². The summed E-state index contributed by atoms with van der Waals surface area (Å²) in [6.07, 6.45) is 1.21. The maximum atomic E-state index is 13.3. The van der Waals surface area contributed by atoms with Crippen LogP contribution in [0.5, 0.6) is 5.75 Å². The van der Waals surface area contributed by atoms with Crippen molar-refractivity contribution in [2.24, 2.45) is 17.8 Å². The van der Waals surface area contributed by atoms with Gasteiger partial charge in [-0.05, 0) is 71.9 Å². The number of rotatable bonds is 14. The fourth-order valence-electron chi connectivity index (χ4n) is 6.04. The molecule has 1 aliphatic rings. The molecule has 6 N–H and O–H groups in total. The van der Waals surface area contributed by atoms with E-state index < -0.39 is 12.5 Å². The van der Waals surface area contributed by atoms with Crippen LogP contribution in [0, 0.1) is 17.8 Å². The summed E-state index contributed by atoms with van der Waals surface area (Å²) in [4.78, 5) is 37.5. The molecule has 8 nitrogen and oxygen atoms in total. The number of carbonyl (C=O) groups excluding carboxylic acids is 3. The van der Waals surface area contributed by atoms with Crippen LogP contribution in [0.3, 0.4) is 0 Å². The number of hydrogen-bond donors (Lipinski definition) is 4. The summed E-state index contributed by atoms with van der Waals surface area (Å²) in [5, 5.41) is 33.7. The standard InChI is InChI=1S/C34H39NO6.H2O.2H2/c1-22(38)15-32(40)30(21-37)27(13-14-36)16-25-17-29-28(11-12-31(39)34(29)33(41)18-25)26-9-7-24(8-10-26)20-35-19-23-5-3-2-4-6-23;;;/h2-12,25,27,30,35-37,39H,13-21H2,1H3;1H2;2*1H. The fraction of sp³-hybridized carbons (Fsp3) is 0.382. The van der Waals surface area contributed by atoms with Gasteiger partial charge in [0.1, 0.15) is 17.3 Å². The number of ketones is 3. The van der Waals surface area contributed by atoms with Crippen LogP contribution in [0.2, 0.25) is 0 Å². The molecule has 8 heteroatoms. The predicted octanol–water partition coefficient (Wildman–Crippen LogP) is 4.31. The molecular weight excluding hydrogens is 534 g/mol. The number of aliphatic hydroxyl groups is 2. The highest BCUT2D eigenvalue weighted by molar-refractivity contribution is 6.03. The van der Waals surface area contributed by atoms with Crippen molar-refractivity contribution >= 4 is 17.3 Å². The van der Waals surface area contributed by atoms with Crippen LogP contribution in [0.1, 0.15) is 62.5 Å². The van der Waals surface area contributed by atoms with Crippen molar-refractivity contribution in [2.45, 2.75) is 52.1 Å². The second-order valence-electron chi connectivity index (χ2n) is 11.1. The Morgan fingerprint density at radius 3 is 2.24 bits per heavy atom. The number of hydrogen-bond acceptors (Lipinski definition) is 7. The van der Waals surface area contributed by atoms with Gasteiger partial charge in [0, 0.05) is 34.9 Å². The number of phenols is 1. The van der Waals surface area contributed by atoms with Gasteiger partial charge in [-0.15, -0.1) is 0 Å². The average molecular weight is 580 g/mol. The number of nitrogens with one attached hydrogen (secondary N) is 1. The van der Waals surface area contributed by atoms with Gasteiger partial charge in [-0.2, -0.15) is 0 Å². The van der Waals surface area contributed by atoms with Gasteiger partial charge in [-0.3, -0.25) is 14.4 Å². The van der Waals surface area contributed by atoms with Crippen LogP contribution in [0.4, 0.5) is 0 Å². The molecule has 0 saturated heterocycles. The first-order valence-corrected chi connectivity index (χ1v) is 14.3. The van der Waals surface area contributed by atoms with Crippen molar-refractivity contribution < 1.29 is 38.0 Å². The summed E-state index contributed by atoms with van der Waals surface area (Å²) < 4.78 is 0. The largest absolute Gasteiger partial charge is 0.507 e. The zero-order valence-electron chi connectivity index (χ0n) is 24.0. The minimum atomic E-state index is -0.769. The van der Waals surface area contributed by atoms with Crippen LogP contribution in [0.15, 0.2) is 66.7 Å². The van der Waals surface area contributed by atoms with Crippen LogP contribution in [-0.2, 0) is 29.1 Å². The van der Waals surface area contributed by atoms with Gasteiger partial charge in [0.25, 0.3) is 0 Å². The van der Waals surface area contributed by atoms with Gasteiger partial charge >= 0.3 is 0 Å². The SMILES string of the molecule is CC(=O)CC(=O)C(CO)C(CCO)CC1CC(=O)c2c(O)ccc(-c3ccc(CNCc4ccccc4)cc3)c2C1.O.[HH].[HH]. The fourth-order valence-corrected chi connectivity index (χ4v) is 6.04. The van der Waals surface area contributed by atoms with Crippen LogP contribution in [0.25, 0.3) is 11.1 Å². The Balaban J connectivity index is 0.00000323. The van der Waals surface area contributed by atoms with E-state index in [1.807, 2.05) is 36.4 Å². The quantitative estimate of drug-likeness (QED) is 0.207. The molecule has 0 fully saturated rings. The van der Waals surface area contributed by atoms with Crippen molar-refractivity contribution in [3.63, 3.8) is 0 Å². The molecule has 3 aromatic carbocycles. The van der Waals surface area contributed by atoms with Gasteiger partial charge in [0.05, 0.1) is 18.6 Å². The van der Waals surface area contributed by atoms with Gasteiger partial charge in [0.15, 0.2) is 5.78 Å². The number of Topliss-reactive ketones (excluding diaryl/α,β-unsaturated/α-hetero) is 3. The maximum absolute atomic E-state index is 13.3. The van der Waals surface area contributed by atoms with E-state index in [1.54, 1.807) is 6.07 Å². The number of aromatic hydroxyl groups is 1. The number of aliphatic hydroxyl groups excluding tert-OH is 2. The molecule has 0 aromatic heterocycles. The lowest BCUT2D eigenvalue weighted by molar-refractivity contribution is -0.131. The molecule has 0 bridgehead atoms. The topological polar surface area (TPSA) is 155 Å². The molecule has 3 aromatic rings. The number of fused-ring (bicyclic) bond motifs is 1. The normalized spacial score (nSPS) is 15.8. The van der Waals surface area contributed by atoms with Crippen molar-refractivity contribution in [3.05, 3.63) is 89.0 Å². The summed E-state index contributed by atoms with van der Waals surface area (Å²) >= 11 is 0. The third-order valence-electron chi connectivity index (χ3n) is 8.04. The molecule has 0 aliphatic heterocycles. The Morgan fingerprint density at radius 1 is 0.952 bits per heavy atom. The molecule has 0 spiro atoms. The smallest absolute Gasteiger partial charge is 0.167 e. The monoisotopic (exact) mass is 579 g/mol. The van der Waals surface area contributed by atoms with E-state index in [0.29, 0.717) is 31.4 Å². The average Bonchev–Trinajstić information content (AvgIpc) is 2.94. The molecule has 42 heavy (non-hydrogen) atoms. The molecule has 228 valence electrons. The zero-order chi connectivity index (χ0) is 29.4. The third kappa shape index (κ3) is 8.20. The van der Waals surface area contributed by atoms with E-state index in [1.165, 1.54) is 12.5 Å². The molecule has 1 aliphatic carbocycles. The van der Waals surface area contributed by atoms with E-state index >= 15 is 0 Å². The summed E-state index contributed by atoms with van der Waals surface area (Å²) in [7, 11) is 0. The zero-order valence-corrected chi connectivity index (χ0v) is 24.0. The maximum Gasteiger partial charge on any atom is 0.167 e. The van der Waals surface area contributed by atoms with Gasteiger partial charge in [-0.1, -0.05) is 60.7 Å².